The number of hydrogen-bond acceptors (Lipinski definition) is 8. The molecule has 1 N–H and O–H groups in total. The van der Waals surface area contributed by atoms with E-state index in [1.54, 1.807) is 24.1 Å². The fraction of sp³-hybridized carbons (Fsp3) is 0.550. The van der Waals surface area contributed by atoms with Gasteiger partial charge in [0.15, 0.2) is 17.3 Å². The van der Waals surface area contributed by atoms with Crippen LogP contribution in [-0.4, -0.2) is 93.8 Å². The Hall–Kier alpha value is -2.69. The zero-order valence-corrected chi connectivity index (χ0v) is 17.3. The van der Waals surface area contributed by atoms with Crippen molar-refractivity contribution in [2.75, 3.05) is 71.8 Å². The number of nitrogens with one attached hydrogen (secondary N) is 1. The van der Waals surface area contributed by atoms with E-state index in [-0.39, 0.29) is 37.5 Å². The molecule has 0 aromatic heterocycles. The Balaban J connectivity index is 1.48. The average molecular weight is 421 g/mol. The van der Waals surface area contributed by atoms with Crippen LogP contribution < -0.4 is 14.8 Å². The molecule has 164 valence electrons. The minimum atomic E-state index is -0.237. The number of carbonyl (C=O) groups is 3. The molecule has 3 rings (SSSR count). The van der Waals surface area contributed by atoms with Crippen molar-refractivity contribution in [3.63, 3.8) is 0 Å². The molecule has 1 saturated heterocycles. The number of methoxy groups -OCH3 is 1. The molecule has 1 aromatic rings. The van der Waals surface area contributed by atoms with E-state index in [1.165, 1.54) is 6.92 Å². The molecule has 1 fully saturated rings. The SMILES string of the molecule is COCCOCC(=O)N1CCN(CC(=O)Nc2cc3c(cc2C(C)=O)OCO3)CC1. The number of piperazine rings is 1. The summed E-state index contributed by atoms with van der Waals surface area (Å²) in [7, 11) is 1.58. The van der Waals surface area contributed by atoms with E-state index in [9.17, 15) is 14.4 Å². The third kappa shape index (κ3) is 5.68. The summed E-state index contributed by atoms with van der Waals surface area (Å²) >= 11 is 0. The van der Waals surface area contributed by atoms with E-state index < -0.39 is 0 Å². The summed E-state index contributed by atoms with van der Waals surface area (Å²) in [6.07, 6.45) is 0. The average Bonchev–Trinajstić information content (AvgIpc) is 3.18. The highest BCUT2D eigenvalue weighted by Crippen LogP contribution is 2.37. The van der Waals surface area contributed by atoms with Gasteiger partial charge in [-0.3, -0.25) is 19.3 Å². The van der Waals surface area contributed by atoms with Crippen molar-refractivity contribution in [2.45, 2.75) is 6.92 Å². The second kappa shape index (κ2) is 10.4. The highest BCUT2D eigenvalue weighted by Gasteiger charge is 2.24. The normalized spacial score (nSPS) is 15.9. The van der Waals surface area contributed by atoms with Gasteiger partial charge < -0.3 is 29.2 Å². The quantitative estimate of drug-likeness (QED) is 0.450. The predicted molar refractivity (Wildman–Crippen MR) is 107 cm³/mol. The van der Waals surface area contributed by atoms with Crippen molar-refractivity contribution in [2.24, 2.45) is 0 Å². The van der Waals surface area contributed by atoms with Gasteiger partial charge in [0.25, 0.3) is 0 Å². The maximum Gasteiger partial charge on any atom is 0.248 e. The second-order valence-electron chi connectivity index (χ2n) is 7.06. The number of ether oxygens (including phenoxy) is 4. The molecule has 1 aromatic carbocycles. The molecule has 0 spiro atoms. The first-order chi connectivity index (χ1) is 14.5. The van der Waals surface area contributed by atoms with Gasteiger partial charge in [0.1, 0.15) is 6.61 Å². The Morgan fingerprint density at radius 2 is 1.77 bits per heavy atom. The first-order valence-corrected chi connectivity index (χ1v) is 9.79. The number of benzene rings is 1. The number of ketones is 1. The van der Waals surface area contributed by atoms with Crippen LogP contribution in [0.15, 0.2) is 12.1 Å². The molecular weight excluding hydrogens is 394 g/mol. The molecule has 0 bridgehead atoms. The van der Waals surface area contributed by atoms with Crippen molar-refractivity contribution in [3.05, 3.63) is 17.7 Å². The van der Waals surface area contributed by atoms with Gasteiger partial charge in [-0.1, -0.05) is 0 Å². The van der Waals surface area contributed by atoms with Gasteiger partial charge in [-0.25, -0.2) is 0 Å². The van der Waals surface area contributed by atoms with E-state index in [0.29, 0.717) is 62.1 Å². The summed E-state index contributed by atoms with van der Waals surface area (Å²) in [6.45, 7) is 4.77. The number of Topliss-reactive ketones (excluding diaryl/α,β-unsaturated/α-hetero) is 1. The molecule has 10 heteroatoms. The molecule has 2 aliphatic heterocycles. The summed E-state index contributed by atoms with van der Waals surface area (Å²) in [5.74, 6) is 0.504. The molecule has 2 heterocycles. The summed E-state index contributed by atoms with van der Waals surface area (Å²) in [5.41, 5.74) is 0.773. The minimum absolute atomic E-state index is 0.0295. The third-order valence-electron chi connectivity index (χ3n) is 4.92. The lowest BCUT2D eigenvalue weighted by Gasteiger charge is -2.34. The van der Waals surface area contributed by atoms with Gasteiger partial charge in [0, 0.05) is 44.9 Å². The first kappa shape index (κ1) is 22.0. The topological polar surface area (TPSA) is 107 Å². The lowest BCUT2D eigenvalue weighted by Crippen LogP contribution is -2.51. The Bertz CT molecular complexity index is 791. The fourth-order valence-corrected chi connectivity index (χ4v) is 3.28. The highest BCUT2D eigenvalue weighted by atomic mass is 16.7. The number of rotatable bonds is 9. The molecule has 0 atom stereocenters. The summed E-state index contributed by atoms with van der Waals surface area (Å²) < 4.78 is 20.8. The molecule has 0 aliphatic carbocycles. The molecule has 30 heavy (non-hydrogen) atoms. The smallest absolute Gasteiger partial charge is 0.248 e. The number of carbonyl (C=O) groups excluding carboxylic acids is 3. The zero-order valence-electron chi connectivity index (χ0n) is 17.3. The molecule has 2 amide bonds. The Kier molecular flexibility index (Phi) is 7.61. The predicted octanol–water partition coefficient (Wildman–Crippen LogP) is 0.364. The Morgan fingerprint density at radius 1 is 1.07 bits per heavy atom. The van der Waals surface area contributed by atoms with Crippen LogP contribution in [-0.2, 0) is 19.1 Å². The zero-order chi connectivity index (χ0) is 21.5. The summed E-state index contributed by atoms with van der Waals surface area (Å²) in [4.78, 5) is 40.3. The second-order valence-corrected chi connectivity index (χ2v) is 7.06. The van der Waals surface area contributed by atoms with Crippen LogP contribution in [0.2, 0.25) is 0 Å². The number of fused-ring (bicyclic) bond motifs is 1. The van der Waals surface area contributed by atoms with Crippen LogP contribution in [0.1, 0.15) is 17.3 Å². The molecule has 2 aliphatic rings. The van der Waals surface area contributed by atoms with E-state index in [4.69, 9.17) is 18.9 Å². The number of nitrogens with zero attached hydrogens (tertiary/aromatic N) is 2. The summed E-state index contributed by atoms with van der Waals surface area (Å²) in [6, 6.07) is 3.19. The van der Waals surface area contributed by atoms with Crippen LogP contribution in [0, 0.1) is 0 Å². The van der Waals surface area contributed by atoms with Crippen molar-refractivity contribution in [3.8, 4) is 11.5 Å². The molecular formula is C20H27N3O7. The van der Waals surface area contributed by atoms with E-state index >= 15 is 0 Å². The Labute approximate surface area is 175 Å². The van der Waals surface area contributed by atoms with Crippen LogP contribution in [0.5, 0.6) is 11.5 Å². The van der Waals surface area contributed by atoms with Gasteiger partial charge in [-0.05, 0) is 13.0 Å². The maximum atomic E-state index is 12.5. The number of hydrogen-bond donors (Lipinski definition) is 1. The van der Waals surface area contributed by atoms with Crippen LogP contribution in [0.3, 0.4) is 0 Å². The summed E-state index contributed by atoms with van der Waals surface area (Å²) in [5, 5.41) is 2.79. The van der Waals surface area contributed by atoms with Crippen molar-refractivity contribution >= 4 is 23.3 Å². The molecule has 0 saturated carbocycles. The van der Waals surface area contributed by atoms with Gasteiger partial charge in [0.05, 0.1) is 25.4 Å². The largest absolute Gasteiger partial charge is 0.454 e. The first-order valence-electron chi connectivity index (χ1n) is 9.79. The Morgan fingerprint density at radius 3 is 2.43 bits per heavy atom. The standard InChI is InChI=1S/C20H27N3O7/c1-14(24)15-9-17-18(30-13-29-17)10-16(15)21-19(25)11-22-3-5-23(6-4-22)20(26)12-28-8-7-27-2/h9-10H,3-8,11-13H2,1-2H3,(H,21,25). The van der Waals surface area contributed by atoms with Crippen LogP contribution in [0.25, 0.3) is 0 Å². The van der Waals surface area contributed by atoms with Crippen LogP contribution >= 0.6 is 0 Å². The number of anilines is 1. The van der Waals surface area contributed by atoms with Gasteiger partial charge in [-0.2, -0.15) is 0 Å². The van der Waals surface area contributed by atoms with Gasteiger partial charge in [-0.15, -0.1) is 0 Å². The lowest BCUT2D eigenvalue weighted by atomic mass is 10.1. The minimum Gasteiger partial charge on any atom is -0.454 e. The maximum absolute atomic E-state index is 12.5. The monoisotopic (exact) mass is 421 g/mol. The van der Waals surface area contributed by atoms with Crippen molar-refractivity contribution < 1.29 is 33.3 Å². The van der Waals surface area contributed by atoms with E-state index in [0.717, 1.165) is 0 Å². The van der Waals surface area contributed by atoms with Gasteiger partial charge in [0.2, 0.25) is 18.6 Å². The van der Waals surface area contributed by atoms with Gasteiger partial charge >= 0.3 is 0 Å². The fourth-order valence-electron chi connectivity index (χ4n) is 3.28. The molecule has 0 unspecified atom stereocenters. The number of amides is 2. The van der Waals surface area contributed by atoms with E-state index in [1.807, 2.05) is 4.90 Å². The van der Waals surface area contributed by atoms with Crippen molar-refractivity contribution in [1.29, 1.82) is 0 Å². The van der Waals surface area contributed by atoms with Crippen molar-refractivity contribution in [1.82, 2.24) is 9.80 Å². The van der Waals surface area contributed by atoms with Crippen LogP contribution in [0.4, 0.5) is 5.69 Å². The molecule has 10 nitrogen and oxygen atoms in total. The third-order valence-corrected chi connectivity index (χ3v) is 4.92. The molecule has 0 radical (unpaired) electrons. The van der Waals surface area contributed by atoms with E-state index in [2.05, 4.69) is 5.32 Å². The highest BCUT2D eigenvalue weighted by molar-refractivity contribution is 6.05. The lowest BCUT2D eigenvalue weighted by molar-refractivity contribution is -0.138.